The van der Waals surface area contributed by atoms with E-state index in [0.29, 0.717) is 13.0 Å². The summed E-state index contributed by atoms with van der Waals surface area (Å²) in [5, 5.41) is 2.36. The summed E-state index contributed by atoms with van der Waals surface area (Å²) < 4.78 is 11.0. The van der Waals surface area contributed by atoms with E-state index in [4.69, 9.17) is 9.47 Å². The number of anilines is 1. The maximum absolute atomic E-state index is 12.6. The predicted molar refractivity (Wildman–Crippen MR) is 112 cm³/mol. The number of carbonyl (C=O) groups excluding carboxylic acids is 2. The number of rotatable bonds is 5. The summed E-state index contributed by atoms with van der Waals surface area (Å²) in [4.78, 5) is 26.5. The molecule has 1 aliphatic rings. The molecule has 1 N–H and O–H groups in total. The van der Waals surface area contributed by atoms with Crippen molar-refractivity contribution >= 4 is 17.7 Å². The van der Waals surface area contributed by atoms with Crippen LogP contribution in [0.2, 0.25) is 0 Å². The number of carbonyl (C=O) groups is 2. The van der Waals surface area contributed by atoms with Crippen LogP contribution in [0.1, 0.15) is 39.2 Å². The number of hydrogen-bond acceptors (Lipinski definition) is 5. The highest BCUT2D eigenvalue weighted by atomic mass is 16.6. The molecule has 1 atom stereocenters. The topological polar surface area (TPSA) is 67.9 Å². The molecule has 29 heavy (non-hydrogen) atoms. The first kappa shape index (κ1) is 20.7. The first-order valence-electron chi connectivity index (χ1n) is 9.89. The van der Waals surface area contributed by atoms with Gasteiger partial charge in [-0.3, -0.25) is 10.1 Å². The van der Waals surface area contributed by atoms with Crippen LogP contribution in [-0.4, -0.2) is 30.2 Å². The van der Waals surface area contributed by atoms with Gasteiger partial charge in [-0.15, -0.1) is 0 Å². The SMILES string of the molecule is CC(C)(C)OC(=O)NC(=O)[C@H]1CCCN1c1ccc(OCc2ccccc2)cc1. The summed E-state index contributed by atoms with van der Waals surface area (Å²) in [6.45, 7) is 6.56. The summed E-state index contributed by atoms with van der Waals surface area (Å²) in [6, 6.07) is 17.3. The summed E-state index contributed by atoms with van der Waals surface area (Å²) in [6.07, 6.45) is 0.874. The number of benzene rings is 2. The van der Waals surface area contributed by atoms with E-state index in [1.54, 1.807) is 20.8 Å². The molecule has 1 fully saturated rings. The molecular formula is C23H28N2O4. The van der Waals surface area contributed by atoms with Gasteiger partial charge in [-0.2, -0.15) is 0 Å². The zero-order chi connectivity index (χ0) is 20.9. The average molecular weight is 396 g/mol. The van der Waals surface area contributed by atoms with E-state index < -0.39 is 17.7 Å². The Morgan fingerprint density at radius 1 is 1.07 bits per heavy atom. The first-order chi connectivity index (χ1) is 13.8. The second-order valence-electron chi connectivity index (χ2n) is 8.11. The Balaban J connectivity index is 1.58. The van der Waals surface area contributed by atoms with Gasteiger partial charge >= 0.3 is 6.09 Å². The Kier molecular flexibility index (Phi) is 6.42. The fourth-order valence-electron chi connectivity index (χ4n) is 3.31. The van der Waals surface area contributed by atoms with E-state index in [-0.39, 0.29) is 5.91 Å². The van der Waals surface area contributed by atoms with Gasteiger partial charge in [0.05, 0.1) is 0 Å². The lowest BCUT2D eigenvalue weighted by Gasteiger charge is -2.26. The predicted octanol–water partition coefficient (Wildman–Crippen LogP) is 4.29. The van der Waals surface area contributed by atoms with Gasteiger partial charge in [-0.05, 0) is 63.4 Å². The second-order valence-corrected chi connectivity index (χ2v) is 8.11. The highest BCUT2D eigenvalue weighted by Gasteiger charge is 2.32. The maximum Gasteiger partial charge on any atom is 0.414 e. The van der Waals surface area contributed by atoms with Crippen LogP contribution in [0.15, 0.2) is 54.6 Å². The molecule has 0 aromatic heterocycles. The minimum absolute atomic E-state index is 0.332. The minimum Gasteiger partial charge on any atom is -0.489 e. The normalized spacial score (nSPS) is 16.4. The maximum atomic E-state index is 12.6. The molecule has 1 heterocycles. The molecular weight excluding hydrogens is 368 g/mol. The van der Waals surface area contributed by atoms with Crippen LogP contribution in [-0.2, 0) is 16.1 Å². The molecule has 6 heteroatoms. The van der Waals surface area contributed by atoms with Gasteiger partial charge in [0, 0.05) is 12.2 Å². The zero-order valence-electron chi connectivity index (χ0n) is 17.2. The molecule has 0 bridgehead atoms. The standard InChI is InChI=1S/C23H28N2O4/c1-23(2,3)29-22(27)24-21(26)20-10-7-15-25(20)18-11-13-19(14-12-18)28-16-17-8-5-4-6-9-17/h4-6,8-9,11-14,20H,7,10,15-16H2,1-3H3,(H,24,26,27)/t20-/m1/s1. The number of imide groups is 1. The van der Waals surface area contributed by atoms with Gasteiger partial charge in [0.2, 0.25) is 0 Å². The highest BCUT2D eigenvalue weighted by molar-refractivity contribution is 5.97. The van der Waals surface area contributed by atoms with E-state index >= 15 is 0 Å². The van der Waals surface area contributed by atoms with Crippen molar-refractivity contribution in [1.29, 1.82) is 0 Å². The third kappa shape index (κ3) is 5.98. The van der Waals surface area contributed by atoms with E-state index in [0.717, 1.165) is 30.0 Å². The van der Waals surface area contributed by atoms with E-state index in [1.807, 2.05) is 59.5 Å². The molecule has 1 saturated heterocycles. The summed E-state index contributed by atoms with van der Waals surface area (Å²) >= 11 is 0. The quantitative estimate of drug-likeness (QED) is 0.817. The van der Waals surface area contributed by atoms with E-state index in [2.05, 4.69) is 5.32 Å². The fraction of sp³-hybridized carbons (Fsp3) is 0.391. The fourth-order valence-corrected chi connectivity index (χ4v) is 3.31. The van der Waals surface area contributed by atoms with Crippen LogP contribution >= 0.6 is 0 Å². The number of nitrogens with zero attached hydrogens (tertiary/aromatic N) is 1. The van der Waals surface area contributed by atoms with Gasteiger partial charge in [0.25, 0.3) is 5.91 Å². The molecule has 2 amide bonds. The molecule has 6 nitrogen and oxygen atoms in total. The van der Waals surface area contributed by atoms with Gasteiger partial charge in [-0.1, -0.05) is 30.3 Å². The third-order valence-electron chi connectivity index (χ3n) is 4.60. The second kappa shape index (κ2) is 8.99. The van der Waals surface area contributed by atoms with Gasteiger partial charge in [0.1, 0.15) is 24.0 Å². The molecule has 2 aromatic rings. The molecule has 0 radical (unpaired) electrons. The molecule has 154 valence electrons. The van der Waals surface area contributed by atoms with Gasteiger partial charge in [-0.25, -0.2) is 4.79 Å². The molecule has 1 aliphatic heterocycles. The van der Waals surface area contributed by atoms with Crippen molar-refractivity contribution in [2.45, 2.75) is 51.9 Å². The van der Waals surface area contributed by atoms with Crippen LogP contribution in [0.3, 0.4) is 0 Å². The van der Waals surface area contributed by atoms with Crippen LogP contribution in [0, 0.1) is 0 Å². The number of hydrogen-bond donors (Lipinski definition) is 1. The Hall–Kier alpha value is -3.02. The number of alkyl carbamates (subject to hydrolysis) is 1. The van der Waals surface area contributed by atoms with Crippen molar-refractivity contribution in [1.82, 2.24) is 5.32 Å². The van der Waals surface area contributed by atoms with Gasteiger partial charge in [0.15, 0.2) is 0 Å². The average Bonchev–Trinajstić information content (AvgIpc) is 3.16. The van der Waals surface area contributed by atoms with Crippen molar-refractivity contribution in [3.63, 3.8) is 0 Å². The molecule has 2 aromatic carbocycles. The highest BCUT2D eigenvalue weighted by Crippen LogP contribution is 2.28. The van der Waals surface area contributed by atoms with Crippen LogP contribution in [0.5, 0.6) is 5.75 Å². The van der Waals surface area contributed by atoms with Gasteiger partial charge < -0.3 is 14.4 Å². The number of amides is 2. The van der Waals surface area contributed by atoms with Crippen molar-refractivity contribution < 1.29 is 19.1 Å². The largest absolute Gasteiger partial charge is 0.489 e. The first-order valence-corrected chi connectivity index (χ1v) is 9.89. The van der Waals surface area contributed by atoms with Crippen molar-refractivity contribution in [3.8, 4) is 5.75 Å². The third-order valence-corrected chi connectivity index (χ3v) is 4.60. The minimum atomic E-state index is -0.709. The lowest BCUT2D eigenvalue weighted by molar-refractivity contribution is -0.121. The monoisotopic (exact) mass is 396 g/mol. The lowest BCUT2D eigenvalue weighted by Crippen LogP contribution is -2.47. The van der Waals surface area contributed by atoms with Crippen LogP contribution in [0.4, 0.5) is 10.5 Å². The van der Waals surface area contributed by atoms with Crippen molar-refractivity contribution in [2.75, 3.05) is 11.4 Å². The Bertz CT molecular complexity index is 828. The number of nitrogens with one attached hydrogen (secondary N) is 1. The Morgan fingerprint density at radius 3 is 2.41 bits per heavy atom. The summed E-state index contributed by atoms with van der Waals surface area (Å²) in [7, 11) is 0. The molecule has 0 spiro atoms. The van der Waals surface area contributed by atoms with Crippen LogP contribution in [0.25, 0.3) is 0 Å². The number of ether oxygens (including phenoxy) is 2. The Labute approximate surface area is 171 Å². The molecule has 0 unspecified atom stereocenters. The summed E-state index contributed by atoms with van der Waals surface area (Å²) in [5.74, 6) is 0.438. The van der Waals surface area contributed by atoms with Crippen molar-refractivity contribution in [3.05, 3.63) is 60.2 Å². The van der Waals surface area contributed by atoms with E-state index in [1.165, 1.54) is 0 Å². The van der Waals surface area contributed by atoms with Crippen LogP contribution < -0.4 is 15.0 Å². The molecule has 3 rings (SSSR count). The molecule has 0 aliphatic carbocycles. The van der Waals surface area contributed by atoms with E-state index in [9.17, 15) is 9.59 Å². The zero-order valence-corrected chi connectivity index (χ0v) is 17.2. The lowest BCUT2D eigenvalue weighted by atomic mass is 10.2. The molecule has 0 saturated carbocycles. The smallest absolute Gasteiger partial charge is 0.414 e. The summed E-state index contributed by atoms with van der Waals surface area (Å²) in [5.41, 5.74) is 1.39. The Morgan fingerprint density at radius 2 is 1.76 bits per heavy atom. The van der Waals surface area contributed by atoms with Crippen molar-refractivity contribution in [2.24, 2.45) is 0 Å².